The van der Waals surface area contributed by atoms with Crippen molar-refractivity contribution in [3.8, 4) is 5.75 Å². The largest absolute Gasteiger partial charge is 0.497 e. The van der Waals surface area contributed by atoms with Crippen molar-refractivity contribution in [1.29, 1.82) is 0 Å². The van der Waals surface area contributed by atoms with E-state index in [9.17, 15) is 4.79 Å². The minimum absolute atomic E-state index is 0.162. The number of hydrogen-bond acceptors (Lipinski definition) is 3. The second-order valence-electron chi connectivity index (χ2n) is 5.50. The molecule has 2 rings (SSSR count). The standard InChI is InChI=1S/C19H26N2O2/c1-4-21(5-2)19(22)14-20-12-11-16-8-6-7-15-9-10-17(23-3)13-18(15)16/h6-10,13,20H,4-5,11-12,14H2,1-3H3. The number of hydrogen-bond donors (Lipinski definition) is 1. The average Bonchev–Trinajstić information content (AvgIpc) is 2.59. The van der Waals surface area contributed by atoms with Gasteiger partial charge in [-0.15, -0.1) is 0 Å². The smallest absolute Gasteiger partial charge is 0.236 e. The summed E-state index contributed by atoms with van der Waals surface area (Å²) in [5.41, 5.74) is 1.27. The van der Waals surface area contributed by atoms with Crippen molar-refractivity contribution >= 4 is 16.7 Å². The molecule has 4 heteroatoms. The van der Waals surface area contributed by atoms with E-state index in [1.54, 1.807) is 7.11 Å². The van der Waals surface area contributed by atoms with Crippen molar-refractivity contribution in [2.24, 2.45) is 0 Å². The van der Waals surface area contributed by atoms with Gasteiger partial charge in [0.15, 0.2) is 0 Å². The molecule has 4 nitrogen and oxygen atoms in total. The maximum Gasteiger partial charge on any atom is 0.236 e. The highest BCUT2D eigenvalue weighted by atomic mass is 16.5. The first-order chi connectivity index (χ1) is 11.2. The summed E-state index contributed by atoms with van der Waals surface area (Å²) < 4.78 is 5.32. The van der Waals surface area contributed by atoms with Crippen LogP contribution < -0.4 is 10.1 Å². The van der Waals surface area contributed by atoms with Gasteiger partial charge in [-0.1, -0.05) is 24.3 Å². The Hall–Kier alpha value is -2.07. The predicted octanol–water partition coefficient (Wildman–Crippen LogP) is 2.85. The van der Waals surface area contributed by atoms with Crippen LogP contribution in [0.25, 0.3) is 10.8 Å². The molecular formula is C19H26N2O2. The van der Waals surface area contributed by atoms with Crippen molar-refractivity contribution in [2.45, 2.75) is 20.3 Å². The summed E-state index contributed by atoms with van der Waals surface area (Å²) in [6.07, 6.45) is 0.885. The van der Waals surface area contributed by atoms with E-state index in [-0.39, 0.29) is 5.91 Å². The number of fused-ring (bicyclic) bond motifs is 1. The zero-order chi connectivity index (χ0) is 16.7. The van der Waals surface area contributed by atoms with Gasteiger partial charge in [-0.2, -0.15) is 0 Å². The number of amides is 1. The average molecular weight is 314 g/mol. The van der Waals surface area contributed by atoms with Crippen LogP contribution in [0.3, 0.4) is 0 Å². The summed E-state index contributed by atoms with van der Waals surface area (Å²) in [7, 11) is 1.68. The van der Waals surface area contributed by atoms with Crippen LogP contribution in [0.2, 0.25) is 0 Å². The lowest BCUT2D eigenvalue weighted by molar-refractivity contribution is -0.129. The van der Waals surface area contributed by atoms with Crippen molar-refractivity contribution in [1.82, 2.24) is 10.2 Å². The first-order valence-electron chi connectivity index (χ1n) is 8.23. The molecule has 0 aliphatic heterocycles. The molecule has 2 aromatic rings. The molecule has 0 aromatic heterocycles. The molecule has 0 aliphatic rings. The fourth-order valence-corrected chi connectivity index (χ4v) is 2.77. The maximum absolute atomic E-state index is 12.0. The molecule has 1 amide bonds. The lowest BCUT2D eigenvalue weighted by Gasteiger charge is -2.18. The van der Waals surface area contributed by atoms with Crippen LogP contribution in [-0.2, 0) is 11.2 Å². The highest BCUT2D eigenvalue weighted by Crippen LogP contribution is 2.24. The molecule has 0 heterocycles. The molecule has 1 N–H and O–H groups in total. The molecule has 0 bridgehead atoms. The monoisotopic (exact) mass is 314 g/mol. The van der Waals surface area contributed by atoms with E-state index in [2.05, 4.69) is 35.6 Å². The van der Waals surface area contributed by atoms with Gasteiger partial charge < -0.3 is 15.0 Å². The third-order valence-corrected chi connectivity index (χ3v) is 4.14. The second-order valence-corrected chi connectivity index (χ2v) is 5.50. The molecular weight excluding hydrogens is 288 g/mol. The lowest BCUT2D eigenvalue weighted by atomic mass is 10.0. The van der Waals surface area contributed by atoms with Crippen LogP contribution in [0.5, 0.6) is 5.75 Å². The van der Waals surface area contributed by atoms with Gasteiger partial charge in [0, 0.05) is 13.1 Å². The Morgan fingerprint density at radius 1 is 1.17 bits per heavy atom. The Bertz CT molecular complexity index is 651. The number of ether oxygens (including phenoxy) is 1. The Morgan fingerprint density at radius 3 is 2.65 bits per heavy atom. The number of nitrogens with one attached hydrogen (secondary N) is 1. The SMILES string of the molecule is CCN(CC)C(=O)CNCCc1cccc2ccc(OC)cc12. The highest BCUT2D eigenvalue weighted by Gasteiger charge is 2.08. The van der Waals surface area contributed by atoms with Crippen LogP contribution in [0.1, 0.15) is 19.4 Å². The molecule has 0 atom stereocenters. The van der Waals surface area contributed by atoms with Gasteiger partial charge in [-0.25, -0.2) is 0 Å². The van der Waals surface area contributed by atoms with Crippen LogP contribution in [0, 0.1) is 0 Å². The molecule has 23 heavy (non-hydrogen) atoms. The van der Waals surface area contributed by atoms with Crippen molar-refractivity contribution in [2.75, 3.05) is 33.3 Å². The Morgan fingerprint density at radius 2 is 1.96 bits per heavy atom. The topological polar surface area (TPSA) is 41.6 Å². The number of carbonyl (C=O) groups is 1. The minimum Gasteiger partial charge on any atom is -0.497 e. The van der Waals surface area contributed by atoms with Gasteiger partial charge in [-0.3, -0.25) is 4.79 Å². The summed E-state index contributed by atoms with van der Waals surface area (Å²) in [6.45, 7) is 6.72. The molecule has 0 spiro atoms. The number of rotatable bonds is 8. The normalized spacial score (nSPS) is 10.7. The van der Waals surface area contributed by atoms with Gasteiger partial charge in [0.05, 0.1) is 13.7 Å². The van der Waals surface area contributed by atoms with Crippen LogP contribution in [0.15, 0.2) is 36.4 Å². The van der Waals surface area contributed by atoms with Crippen molar-refractivity contribution in [3.05, 3.63) is 42.0 Å². The Kier molecular flexibility index (Phi) is 6.41. The van der Waals surface area contributed by atoms with E-state index in [0.717, 1.165) is 31.8 Å². The molecule has 0 saturated heterocycles. The summed E-state index contributed by atoms with van der Waals surface area (Å²) in [5.74, 6) is 1.03. The van der Waals surface area contributed by atoms with E-state index in [1.165, 1.54) is 16.3 Å². The van der Waals surface area contributed by atoms with E-state index in [0.29, 0.717) is 6.54 Å². The molecule has 2 aromatic carbocycles. The quantitative estimate of drug-likeness (QED) is 0.762. The molecule has 0 saturated carbocycles. The third kappa shape index (κ3) is 4.45. The Labute approximate surface area is 138 Å². The molecule has 0 aliphatic carbocycles. The number of benzene rings is 2. The zero-order valence-corrected chi connectivity index (χ0v) is 14.3. The molecule has 0 fully saturated rings. The predicted molar refractivity (Wildman–Crippen MR) is 95.0 cm³/mol. The summed E-state index contributed by atoms with van der Waals surface area (Å²) in [4.78, 5) is 13.8. The summed E-state index contributed by atoms with van der Waals surface area (Å²) >= 11 is 0. The van der Waals surface area contributed by atoms with E-state index in [4.69, 9.17) is 4.74 Å². The van der Waals surface area contributed by atoms with Gasteiger partial charge in [0.25, 0.3) is 0 Å². The van der Waals surface area contributed by atoms with Crippen LogP contribution >= 0.6 is 0 Å². The Balaban J connectivity index is 1.96. The highest BCUT2D eigenvalue weighted by molar-refractivity contribution is 5.87. The lowest BCUT2D eigenvalue weighted by Crippen LogP contribution is -2.38. The van der Waals surface area contributed by atoms with Crippen LogP contribution in [0.4, 0.5) is 0 Å². The summed E-state index contributed by atoms with van der Waals surface area (Å²) in [6, 6.07) is 12.4. The second kappa shape index (κ2) is 8.53. The number of carbonyl (C=O) groups excluding carboxylic acids is 1. The molecule has 0 unspecified atom stereocenters. The minimum atomic E-state index is 0.162. The number of likely N-dealkylation sites (N-methyl/N-ethyl adjacent to an activating group) is 1. The van der Waals surface area contributed by atoms with E-state index in [1.807, 2.05) is 24.8 Å². The maximum atomic E-state index is 12.0. The fourth-order valence-electron chi connectivity index (χ4n) is 2.77. The molecule has 124 valence electrons. The van der Waals surface area contributed by atoms with Crippen molar-refractivity contribution in [3.63, 3.8) is 0 Å². The van der Waals surface area contributed by atoms with E-state index >= 15 is 0 Å². The first kappa shape index (κ1) is 17.3. The number of methoxy groups -OCH3 is 1. The van der Waals surface area contributed by atoms with Gasteiger partial charge in [0.1, 0.15) is 5.75 Å². The fraction of sp³-hybridized carbons (Fsp3) is 0.421. The van der Waals surface area contributed by atoms with Gasteiger partial charge in [0.2, 0.25) is 5.91 Å². The molecule has 0 radical (unpaired) electrons. The van der Waals surface area contributed by atoms with Crippen molar-refractivity contribution < 1.29 is 9.53 Å². The van der Waals surface area contributed by atoms with Gasteiger partial charge >= 0.3 is 0 Å². The van der Waals surface area contributed by atoms with Gasteiger partial charge in [-0.05, 0) is 55.3 Å². The summed E-state index contributed by atoms with van der Waals surface area (Å²) in [5, 5.41) is 5.68. The van der Waals surface area contributed by atoms with E-state index < -0.39 is 0 Å². The third-order valence-electron chi connectivity index (χ3n) is 4.14. The first-order valence-corrected chi connectivity index (χ1v) is 8.23. The number of nitrogens with zero attached hydrogens (tertiary/aromatic N) is 1. The van der Waals surface area contributed by atoms with Crippen LogP contribution in [-0.4, -0.2) is 44.1 Å². The zero-order valence-electron chi connectivity index (χ0n) is 14.3.